The first-order valence-corrected chi connectivity index (χ1v) is 18.4. The molecule has 0 amide bonds. The zero-order chi connectivity index (χ0) is 34.4. The number of unbranched alkanes of at least 4 members (excludes halogenated alkanes) is 24. The summed E-state index contributed by atoms with van der Waals surface area (Å²) < 4.78 is 9.75. The molecule has 0 saturated heterocycles. The second-order valence-corrected chi connectivity index (χ2v) is 12.1. The van der Waals surface area contributed by atoms with Crippen LogP contribution in [0.3, 0.4) is 0 Å². The Morgan fingerprint density at radius 1 is 0.383 bits per heavy atom. The normalized spacial score (nSPS) is 10.8. The maximum atomic E-state index is 11.1. The molecule has 8 nitrogen and oxygen atoms in total. The molecule has 0 aromatic rings. The Kier molecular flexibility index (Phi) is 46.0. The first kappa shape index (κ1) is 50.3. The Morgan fingerprint density at radius 3 is 0.809 bits per heavy atom. The standard InChI is InChI=1S/2C19H34O4.Ba/c2*1-2-3-4-5-6-7-8-9-10-11-12-13-14-17-23-19(22)16-15-18(20)21;/h2*15-16H,2-14,17H2,1H3,(H,20,21);/q;;+2/p-2/b2*16-15-;. The summed E-state index contributed by atoms with van der Waals surface area (Å²) in [5.74, 6) is -4.01. The molecule has 0 aromatic carbocycles. The second kappa shape index (κ2) is 43.0. The van der Waals surface area contributed by atoms with Crippen LogP contribution in [0.4, 0.5) is 0 Å². The molecular weight excluding hydrogens is 722 g/mol. The summed E-state index contributed by atoms with van der Waals surface area (Å²) in [6, 6.07) is 0. The van der Waals surface area contributed by atoms with Crippen LogP contribution in [0.15, 0.2) is 24.3 Å². The van der Waals surface area contributed by atoms with E-state index in [9.17, 15) is 29.4 Å². The van der Waals surface area contributed by atoms with Crippen molar-refractivity contribution in [3.05, 3.63) is 24.3 Å². The summed E-state index contributed by atoms with van der Waals surface area (Å²) in [5, 5.41) is 20.2. The summed E-state index contributed by atoms with van der Waals surface area (Å²) in [4.78, 5) is 42.3. The molecule has 0 bridgehead atoms. The van der Waals surface area contributed by atoms with Gasteiger partial charge in [0.15, 0.2) is 0 Å². The quantitative estimate of drug-likeness (QED) is 0.0297. The van der Waals surface area contributed by atoms with Crippen molar-refractivity contribution in [2.24, 2.45) is 0 Å². The second-order valence-electron chi connectivity index (χ2n) is 12.1. The van der Waals surface area contributed by atoms with Gasteiger partial charge in [0.05, 0.1) is 25.2 Å². The van der Waals surface area contributed by atoms with E-state index in [1.165, 1.54) is 141 Å². The minimum Gasteiger partial charge on any atom is -0.545 e. The van der Waals surface area contributed by atoms with Crippen LogP contribution in [0, 0.1) is 0 Å². The van der Waals surface area contributed by atoms with Gasteiger partial charge in [0.2, 0.25) is 0 Å². The van der Waals surface area contributed by atoms with E-state index in [-0.39, 0.29) is 48.9 Å². The molecule has 0 aromatic heterocycles. The number of hydrogen-bond acceptors (Lipinski definition) is 8. The van der Waals surface area contributed by atoms with Crippen molar-refractivity contribution >= 4 is 72.8 Å². The third-order valence-electron chi connectivity index (χ3n) is 7.70. The Bertz CT molecular complexity index is 718. The van der Waals surface area contributed by atoms with Crippen molar-refractivity contribution in [1.29, 1.82) is 0 Å². The first-order valence-electron chi connectivity index (χ1n) is 18.4. The van der Waals surface area contributed by atoms with Crippen molar-refractivity contribution in [2.45, 2.75) is 181 Å². The molecule has 0 unspecified atom stereocenters. The summed E-state index contributed by atoms with van der Waals surface area (Å²) in [7, 11) is 0. The van der Waals surface area contributed by atoms with Gasteiger partial charge in [0, 0.05) is 12.2 Å². The van der Waals surface area contributed by atoms with E-state index in [1.807, 2.05) is 0 Å². The fourth-order valence-corrected chi connectivity index (χ4v) is 4.95. The molecule has 0 N–H and O–H groups in total. The van der Waals surface area contributed by atoms with Gasteiger partial charge in [-0.15, -0.1) is 0 Å². The van der Waals surface area contributed by atoms with Gasteiger partial charge in [-0.25, -0.2) is 9.59 Å². The summed E-state index contributed by atoms with van der Waals surface area (Å²) in [5.41, 5.74) is 0. The van der Waals surface area contributed by atoms with Crippen LogP contribution < -0.4 is 10.2 Å². The van der Waals surface area contributed by atoms with E-state index in [0.717, 1.165) is 37.8 Å². The van der Waals surface area contributed by atoms with E-state index < -0.39 is 23.9 Å². The molecule has 0 aliphatic rings. The maximum Gasteiger partial charge on any atom is 2.00 e. The molecule has 0 rings (SSSR count). The molecule has 47 heavy (non-hydrogen) atoms. The van der Waals surface area contributed by atoms with E-state index in [4.69, 9.17) is 9.47 Å². The Morgan fingerprint density at radius 2 is 0.596 bits per heavy atom. The summed E-state index contributed by atoms with van der Waals surface area (Å²) in [6.45, 7) is 5.21. The average molecular weight is 788 g/mol. The molecule has 0 aliphatic heterocycles. The third kappa shape index (κ3) is 49.4. The van der Waals surface area contributed by atoms with Gasteiger partial charge in [0.25, 0.3) is 0 Å². The van der Waals surface area contributed by atoms with Crippen molar-refractivity contribution in [3.63, 3.8) is 0 Å². The molecule has 0 heterocycles. The fraction of sp³-hybridized carbons (Fsp3) is 0.789. The van der Waals surface area contributed by atoms with Crippen molar-refractivity contribution in [2.75, 3.05) is 13.2 Å². The minimum atomic E-state index is -1.39. The third-order valence-corrected chi connectivity index (χ3v) is 7.70. The number of carboxylic acids is 2. The number of aliphatic carboxylic acids is 2. The van der Waals surface area contributed by atoms with Gasteiger partial charge in [0.1, 0.15) is 0 Å². The largest absolute Gasteiger partial charge is 2.00 e. The average Bonchev–Trinajstić information content (AvgIpc) is 3.03. The topological polar surface area (TPSA) is 133 Å². The molecule has 268 valence electrons. The smallest absolute Gasteiger partial charge is 0.545 e. The predicted molar refractivity (Wildman–Crippen MR) is 187 cm³/mol. The molecular formula is C38H66BaO8. The van der Waals surface area contributed by atoms with Crippen molar-refractivity contribution in [1.82, 2.24) is 0 Å². The van der Waals surface area contributed by atoms with Gasteiger partial charge >= 0.3 is 60.8 Å². The number of carboxylic acid groups (broad SMARTS) is 2. The number of rotatable bonds is 32. The maximum absolute atomic E-state index is 11.1. The van der Waals surface area contributed by atoms with Crippen LogP contribution in [-0.2, 0) is 28.7 Å². The van der Waals surface area contributed by atoms with Crippen LogP contribution >= 0.6 is 0 Å². The Labute approximate surface area is 327 Å². The van der Waals surface area contributed by atoms with Gasteiger partial charge < -0.3 is 29.3 Å². The SMILES string of the molecule is CCCCCCCCCCCCCCCOC(=O)/C=C\C(=O)[O-].CCCCCCCCCCCCCCCOC(=O)/C=C\C(=O)[O-].[Ba+2]. The van der Waals surface area contributed by atoms with Crippen molar-refractivity contribution in [3.8, 4) is 0 Å². The summed E-state index contributed by atoms with van der Waals surface area (Å²) >= 11 is 0. The van der Waals surface area contributed by atoms with E-state index in [2.05, 4.69) is 13.8 Å². The fourth-order valence-electron chi connectivity index (χ4n) is 4.95. The van der Waals surface area contributed by atoms with E-state index >= 15 is 0 Å². The van der Waals surface area contributed by atoms with Gasteiger partial charge in [-0.05, 0) is 25.0 Å². The molecule has 0 radical (unpaired) electrons. The molecule has 9 heteroatoms. The number of carbonyl (C=O) groups is 4. The Balaban J connectivity index is -0.000000807. The van der Waals surface area contributed by atoms with E-state index in [1.54, 1.807) is 0 Å². The van der Waals surface area contributed by atoms with Crippen molar-refractivity contribution < 1.29 is 38.9 Å². The zero-order valence-electron chi connectivity index (χ0n) is 30.1. The van der Waals surface area contributed by atoms with Crippen LogP contribution in [0.1, 0.15) is 181 Å². The summed E-state index contributed by atoms with van der Waals surface area (Å²) in [6.07, 6.45) is 36.2. The monoisotopic (exact) mass is 788 g/mol. The first-order chi connectivity index (χ1) is 22.3. The van der Waals surface area contributed by atoms with Crippen LogP contribution in [-0.4, -0.2) is 86.0 Å². The predicted octanol–water partition coefficient (Wildman–Crippen LogP) is 7.47. The number of carbonyl (C=O) groups excluding carboxylic acids is 4. The minimum absolute atomic E-state index is 0. The molecule has 0 aliphatic carbocycles. The molecule has 0 fully saturated rings. The van der Waals surface area contributed by atoms with Crippen LogP contribution in [0.5, 0.6) is 0 Å². The van der Waals surface area contributed by atoms with Gasteiger partial charge in [-0.2, -0.15) is 0 Å². The Hall–Kier alpha value is -1.07. The molecule has 0 spiro atoms. The number of esters is 2. The van der Waals surface area contributed by atoms with Crippen LogP contribution in [0.25, 0.3) is 0 Å². The van der Waals surface area contributed by atoms with Gasteiger partial charge in [-0.1, -0.05) is 168 Å². The number of ether oxygens (including phenoxy) is 2. The van der Waals surface area contributed by atoms with E-state index in [0.29, 0.717) is 25.4 Å². The zero-order valence-corrected chi connectivity index (χ0v) is 34.5. The molecule has 0 saturated carbocycles. The number of hydrogen-bond donors (Lipinski definition) is 0. The van der Waals surface area contributed by atoms with Gasteiger partial charge in [-0.3, -0.25) is 0 Å². The molecule has 0 atom stereocenters. The van der Waals surface area contributed by atoms with Crippen LogP contribution in [0.2, 0.25) is 0 Å².